The smallest absolute Gasteiger partial charge is 0.133 e. The fourth-order valence-electron chi connectivity index (χ4n) is 2.75. The van der Waals surface area contributed by atoms with Gasteiger partial charge in [0.15, 0.2) is 0 Å². The number of piperidine rings is 3. The van der Waals surface area contributed by atoms with E-state index in [1.165, 1.54) is 29.5 Å². The molecule has 3 aliphatic heterocycles. The molecular formula is C13H16INO. The number of hydrogen-bond acceptors (Lipinski definition) is 2. The lowest BCUT2D eigenvalue weighted by Gasteiger charge is -2.44. The van der Waals surface area contributed by atoms with Crippen LogP contribution in [0.1, 0.15) is 12.8 Å². The Morgan fingerprint density at radius 3 is 2.56 bits per heavy atom. The van der Waals surface area contributed by atoms with E-state index in [1.54, 1.807) is 0 Å². The Kier molecular flexibility index (Phi) is 3.07. The van der Waals surface area contributed by atoms with Crippen LogP contribution in [0.3, 0.4) is 0 Å². The zero-order valence-electron chi connectivity index (χ0n) is 9.23. The highest BCUT2D eigenvalue weighted by atomic mass is 127. The lowest BCUT2D eigenvalue weighted by atomic mass is 9.86. The minimum atomic E-state index is 0.415. The third kappa shape index (κ3) is 2.07. The fourth-order valence-corrected chi connectivity index (χ4v) is 3.26. The first-order valence-corrected chi connectivity index (χ1v) is 7.04. The van der Waals surface area contributed by atoms with E-state index < -0.39 is 0 Å². The largest absolute Gasteiger partial charge is 0.488 e. The molecule has 0 aromatic heterocycles. The first-order valence-electron chi connectivity index (χ1n) is 5.96. The van der Waals surface area contributed by atoms with Crippen LogP contribution in [0.15, 0.2) is 24.3 Å². The Labute approximate surface area is 110 Å². The molecule has 86 valence electrons. The number of ether oxygens (including phenoxy) is 1. The molecule has 1 unspecified atom stereocenters. The van der Waals surface area contributed by atoms with Crippen LogP contribution < -0.4 is 4.74 Å². The van der Waals surface area contributed by atoms with Gasteiger partial charge in [-0.25, -0.2) is 0 Å². The van der Waals surface area contributed by atoms with Crippen LogP contribution in [-0.4, -0.2) is 30.6 Å². The summed E-state index contributed by atoms with van der Waals surface area (Å²) in [6.45, 7) is 3.67. The second-order valence-electron chi connectivity index (χ2n) is 4.72. The van der Waals surface area contributed by atoms with Crippen molar-refractivity contribution in [1.82, 2.24) is 4.90 Å². The van der Waals surface area contributed by atoms with Crippen LogP contribution in [0, 0.1) is 9.49 Å². The van der Waals surface area contributed by atoms with Gasteiger partial charge in [-0.15, -0.1) is 0 Å². The molecular weight excluding hydrogens is 313 g/mol. The van der Waals surface area contributed by atoms with Crippen LogP contribution in [0.5, 0.6) is 5.75 Å². The molecule has 2 nitrogen and oxygen atoms in total. The number of benzene rings is 1. The van der Waals surface area contributed by atoms with E-state index in [1.807, 2.05) is 0 Å². The monoisotopic (exact) mass is 329 g/mol. The number of nitrogens with zero attached hydrogens (tertiary/aromatic N) is 1. The molecule has 0 radical (unpaired) electrons. The lowest BCUT2D eigenvalue weighted by Crippen LogP contribution is -2.52. The molecule has 3 saturated heterocycles. The summed E-state index contributed by atoms with van der Waals surface area (Å²) in [4.78, 5) is 2.53. The summed E-state index contributed by atoms with van der Waals surface area (Å²) in [5.74, 6) is 1.84. The zero-order valence-corrected chi connectivity index (χ0v) is 11.4. The summed E-state index contributed by atoms with van der Waals surface area (Å²) in [5, 5.41) is 0. The average molecular weight is 329 g/mol. The van der Waals surface area contributed by atoms with E-state index in [-0.39, 0.29) is 0 Å². The second-order valence-corrected chi connectivity index (χ2v) is 5.89. The zero-order chi connectivity index (χ0) is 11.0. The van der Waals surface area contributed by atoms with Gasteiger partial charge in [0.05, 0.1) is 3.57 Å². The normalized spacial score (nSPS) is 32.7. The number of rotatable bonds is 2. The van der Waals surface area contributed by atoms with E-state index >= 15 is 0 Å². The van der Waals surface area contributed by atoms with Crippen LogP contribution in [0.4, 0.5) is 0 Å². The molecule has 3 fully saturated rings. The molecule has 1 atom stereocenters. The molecule has 4 rings (SSSR count). The maximum Gasteiger partial charge on any atom is 0.133 e. The standard InChI is InChI=1S/C13H16INO/c14-11-3-1-2-4-12(11)16-13-9-15-7-5-10(13)6-8-15/h1-4,10,13H,5-9H2. The predicted octanol–water partition coefficient (Wildman–Crippen LogP) is 2.76. The molecule has 0 saturated carbocycles. The van der Waals surface area contributed by atoms with Gasteiger partial charge < -0.3 is 4.74 Å². The Bertz CT molecular complexity index is 374. The van der Waals surface area contributed by atoms with Gasteiger partial charge in [0, 0.05) is 6.54 Å². The lowest BCUT2D eigenvalue weighted by molar-refractivity contribution is -0.00816. The summed E-state index contributed by atoms with van der Waals surface area (Å²) >= 11 is 2.35. The third-order valence-corrected chi connectivity index (χ3v) is 4.60. The molecule has 0 spiro atoms. The van der Waals surface area contributed by atoms with Gasteiger partial charge in [0.2, 0.25) is 0 Å². The molecule has 3 heteroatoms. The molecule has 2 bridgehead atoms. The van der Waals surface area contributed by atoms with Gasteiger partial charge in [-0.3, -0.25) is 4.90 Å². The van der Waals surface area contributed by atoms with Gasteiger partial charge in [-0.05, 0) is 66.6 Å². The van der Waals surface area contributed by atoms with Crippen molar-refractivity contribution in [2.75, 3.05) is 19.6 Å². The Balaban J connectivity index is 1.73. The molecule has 0 N–H and O–H groups in total. The van der Waals surface area contributed by atoms with Crippen LogP contribution in [0.2, 0.25) is 0 Å². The van der Waals surface area contributed by atoms with Gasteiger partial charge in [-0.1, -0.05) is 12.1 Å². The Morgan fingerprint density at radius 1 is 1.19 bits per heavy atom. The number of hydrogen-bond donors (Lipinski definition) is 0. The maximum atomic E-state index is 6.17. The highest BCUT2D eigenvalue weighted by Crippen LogP contribution is 2.31. The quantitative estimate of drug-likeness (QED) is 0.774. The summed E-state index contributed by atoms with van der Waals surface area (Å²) in [7, 11) is 0. The molecule has 0 aliphatic carbocycles. The molecule has 3 heterocycles. The minimum Gasteiger partial charge on any atom is -0.488 e. The van der Waals surface area contributed by atoms with Crippen molar-refractivity contribution >= 4 is 22.6 Å². The molecule has 3 aliphatic rings. The fraction of sp³-hybridized carbons (Fsp3) is 0.538. The summed E-state index contributed by atoms with van der Waals surface area (Å²) in [5.41, 5.74) is 0. The Morgan fingerprint density at radius 2 is 1.94 bits per heavy atom. The summed E-state index contributed by atoms with van der Waals surface area (Å²) < 4.78 is 7.39. The van der Waals surface area contributed by atoms with Gasteiger partial charge in [-0.2, -0.15) is 0 Å². The highest BCUT2D eigenvalue weighted by Gasteiger charge is 2.35. The first-order chi connectivity index (χ1) is 7.83. The topological polar surface area (TPSA) is 12.5 Å². The number of halogens is 1. The van der Waals surface area contributed by atoms with Gasteiger partial charge in [0.25, 0.3) is 0 Å². The van der Waals surface area contributed by atoms with E-state index in [0.29, 0.717) is 6.10 Å². The van der Waals surface area contributed by atoms with E-state index in [9.17, 15) is 0 Å². The van der Waals surface area contributed by atoms with Crippen molar-refractivity contribution in [2.24, 2.45) is 5.92 Å². The molecule has 1 aromatic rings. The SMILES string of the molecule is Ic1ccccc1OC1CN2CCC1CC2. The highest BCUT2D eigenvalue weighted by molar-refractivity contribution is 14.1. The van der Waals surface area contributed by atoms with Gasteiger partial charge in [0.1, 0.15) is 11.9 Å². The van der Waals surface area contributed by atoms with E-state index in [0.717, 1.165) is 18.2 Å². The number of fused-ring (bicyclic) bond motifs is 3. The van der Waals surface area contributed by atoms with E-state index in [4.69, 9.17) is 4.74 Å². The van der Waals surface area contributed by atoms with Crippen LogP contribution in [0.25, 0.3) is 0 Å². The van der Waals surface area contributed by atoms with Crippen molar-refractivity contribution in [3.8, 4) is 5.75 Å². The summed E-state index contributed by atoms with van der Waals surface area (Å²) in [6, 6.07) is 8.31. The Hall–Kier alpha value is -0.290. The molecule has 1 aromatic carbocycles. The van der Waals surface area contributed by atoms with Gasteiger partial charge >= 0.3 is 0 Å². The summed E-state index contributed by atoms with van der Waals surface area (Å²) in [6.07, 6.45) is 3.04. The van der Waals surface area contributed by atoms with Crippen LogP contribution >= 0.6 is 22.6 Å². The van der Waals surface area contributed by atoms with Crippen molar-refractivity contribution in [2.45, 2.75) is 18.9 Å². The van der Waals surface area contributed by atoms with Crippen molar-refractivity contribution in [3.05, 3.63) is 27.8 Å². The van der Waals surface area contributed by atoms with Crippen molar-refractivity contribution in [3.63, 3.8) is 0 Å². The maximum absolute atomic E-state index is 6.17. The van der Waals surface area contributed by atoms with Crippen LogP contribution in [-0.2, 0) is 0 Å². The van der Waals surface area contributed by atoms with Crippen molar-refractivity contribution < 1.29 is 4.74 Å². The predicted molar refractivity (Wildman–Crippen MR) is 72.7 cm³/mol. The first kappa shape index (κ1) is 10.8. The second kappa shape index (κ2) is 4.53. The van der Waals surface area contributed by atoms with Crippen molar-refractivity contribution in [1.29, 1.82) is 0 Å². The number of para-hydroxylation sites is 1. The molecule has 16 heavy (non-hydrogen) atoms. The third-order valence-electron chi connectivity index (χ3n) is 3.71. The van der Waals surface area contributed by atoms with E-state index in [2.05, 4.69) is 51.8 Å². The average Bonchev–Trinajstić information content (AvgIpc) is 2.34. The molecule has 0 amide bonds. The minimum absolute atomic E-state index is 0.415.